The molecule has 0 fully saturated rings. The maximum Gasteiger partial charge on any atom is 4.00 e. The van der Waals surface area contributed by atoms with Crippen molar-refractivity contribution >= 4 is 0 Å². The molecule has 0 spiro atoms. The molecule has 0 heterocycles. The molecular formula is HF5Pu. The largest absolute Gasteiger partial charge is 4.00 e. The minimum Gasteiger partial charge on any atom is -1.00 e. The molecule has 0 unspecified atom stereocenters. The van der Waals surface area contributed by atoms with E-state index in [-0.39, 0.29) is 52.7 Å². The molecule has 0 atom stereocenters. The smallest absolute Gasteiger partial charge is 1.00 e. The fraction of sp³-hybridized carbons (Fsp3) is 0. The summed E-state index contributed by atoms with van der Waals surface area (Å²) in [6.07, 6.45) is 0. The van der Waals surface area contributed by atoms with Crippen molar-refractivity contribution in [2.75, 3.05) is 0 Å². The quantitative estimate of drug-likeness (QED) is 0.385. The number of hydrogen-bond acceptors (Lipinski definition) is 0. The second-order valence-electron chi connectivity index (χ2n) is 0. The van der Waals surface area contributed by atoms with Gasteiger partial charge in [-0.05, 0) is 0 Å². The Morgan fingerprint density at radius 2 is 0.500 bits per heavy atom. The van der Waals surface area contributed by atoms with Crippen LogP contribution in [-0.4, -0.2) is 0 Å². The van der Waals surface area contributed by atoms with Gasteiger partial charge in [-0.15, -0.1) is 0 Å². The van der Waals surface area contributed by atoms with Gasteiger partial charge in [0, 0.05) is 0 Å². The average molecular weight is 340 g/mol. The van der Waals surface area contributed by atoms with Crippen LogP contribution in [0.15, 0.2) is 0 Å². The summed E-state index contributed by atoms with van der Waals surface area (Å²) in [5, 5.41) is 0. The van der Waals surface area contributed by atoms with E-state index >= 15 is 0 Å². The van der Waals surface area contributed by atoms with E-state index in [0.29, 0.717) is 0 Å². The Balaban J connectivity index is 0. The molecule has 0 saturated carbocycles. The Kier molecular flexibility index (Phi) is 25900. The molecule has 0 bridgehead atoms. The molecule has 6 heteroatoms. The van der Waals surface area contributed by atoms with Crippen LogP contribution in [0.2, 0.25) is 0 Å². The Hall–Kier alpha value is 0.637. The van der Waals surface area contributed by atoms with Crippen molar-refractivity contribution in [2.45, 2.75) is 0 Å². The molecular weight excluding hydrogens is 339 g/mol. The molecule has 0 aliphatic carbocycles. The van der Waals surface area contributed by atoms with Crippen molar-refractivity contribution in [3.05, 3.63) is 0 Å². The molecule has 0 rings (SSSR count). The van der Waals surface area contributed by atoms with E-state index in [9.17, 15) is 0 Å². The van der Waals surface area contributed by atoms with Crippen LogP contribution in [0.3, 0.4) is 0 Å². The number of halogens is 5. The van der Waals surface area contributed by atoms with Gasteiger partial charge in [0.1, 0.15) is 0 Å². The van der Waals surface area contributed by atoms with Crippen LogP contribution < -0.4 is 18.8 Å². The Morgan fingerprint density at radius 1 is 0.500 bits per heavy atom. The van der Waals surface area contributed by atoms with Gasteiger partial charge in [-0.1, -0.05) is 0 Å². The number of hydrogen-bond donors (Lipinski definition) is 0. The molecule has 0 aliphatic rings. The zero-order valence-electron chi connectivity index (χ0n) is 2.33. The molecule has 42 valence electrons. The molecule has 0 N–H and O–H groups in total. The summed E-state index contributed by atoms with van der Waals surface area (Å²) < 4.78 is 0. The van der Waals surface area contributed by atoms with Crippen molar-refractivity contribution in [1.82, 2.24) is 0 Å². The van der Waals surface area contributed by atoms with E-state index in [0.717, 1.165) is 0 Å². The van der Waals surface area contributed by atoms with Crippen LogP contribution in [0, 0.1) is 29.2 Å². The van der Waals surface area contributed by atoms with Gasteiger partial charge in [0.15, 0.2) is 0 Å². The third kappa shape index (κ3) is 151. The molecule has 0 aliphatic heterocycles. The van der Waals surface area contributed by atoms with Crippen LogP contribution in [0.25, 0.3) is 0 Å². The number of rotatable bonds is 0. The van der Waals surface area contributed by atoms with Crippen LogP contribution in [0.4, 0.5) is 4.70 Å². The zero-order valence-corrected chi connectivity index (χ0v) is 5.73. The van der Waals surface area contributed by atoms with E-state index in [1.54, 1.807) is 0 Å². The Morgan fingerprint density at radius 3 is 0.500 bits per heavy atom. The Bertz CT molecular complexity index is 3.90. The van der Waals surface area contributed by atoms with E-state index in [2.05, 4.69) is 0 Å². The first-order valence-corrected chi connectivity index (χ1v) is 0. The molecule has 0 amide bonds. The fourth-order valence-corrected chi connectivity index (χ4v) is 0. The summed E-state index contributed by atoms with van der Waals surface area (Å²) in [4.78, 5) is 0. The molecule has 0 nitrogen and oxygen atoms in total. The minimum absolute atomic E-state index is 0. The molecule has 0 saturated heterocycles. The topological polar surface area (TPSA) is 0 Å². The first-order valence-electron chi connectivity index (χ1n) is 0. The van der Waals surface area contributed by atoms with Crippen LogP contribution in [-0.2, 0) is 0 Å². The minimum atomic E-state index is 0. The Labute approximate surface area is 53.1 Å². The van der Waals surface area contributed by atoms with Gasteiger partial charge in [0.05, 0.1) is 0 Å². The van der Waals surface area contributed by atoms with Crippen molar-refractivity contribution in [1.29, 1.82) is 0 Å². The van der Waals surface area contributed by atoms with Crippen molar-refractivity contribution in [3.63, 3.8) is 0 Å². The molecule has 0 aromatic heterocycles. The van der Waals surface area contributed by atoms with Crippen molar-refractivity contribution in [2.24, 2.45) is 0 Å². The third-order valence-electron chi connectivity index (χ3n) is 0. The molecule has 0 radical (unpaired) electrons. The van der Waals surface area contributed by atoms with E-state index in [4.69, 9.17) is 0 Å². The van der Waals surface area contributed by atoms with Gasteiger partial charge >= 0.3 is 29.2 Å². The van der Waals surface area contributed by atoms with E-state index in [1.165, 1.54) is 0 Å². The monoisotopic (exact) mass is 334 g/mol. The van der Waals surface area contributed by atoms with Gasteiger partial charge in [0.2, 0.25) is 0 Å². The van der Waals surface area contributed by atoms with Crippen molar-refractivity contribution in [3.8, 4) is 0 Å². The first-order chi connectivity index (χ1) is 0. The predicted octanol–water partition coefficient (Wildman–Crippen LogP) is -11.8. The van der Waals surface area contributed by atoms with Gasteiger partial charge < -0.3 is 18.8 Å². The van der Waals surface area contributed by atoms with E-state index < -0.39 is 0 Å². The molecule has 6 heavy (non-hydrogen) atoms. The van der Waals surface area contributed by atoms with Gasteiger partial charge in [0.25, 0.3) is 0 Å². The summed E-state index contributed by atoms with van der Waals surface area (Å²) in [6.45, 7) is 0. The summed E-state index contributed by atoms with van der Waals surface area (Å²) in [7, 11) is 0. The summed E-state index contributed by atoms with van der Waals surface area (Å²) in [5.74, 6) is 0. The summed E-state index contributed by atoms with van der Waals surface area (Å²) >= 11 is 0. The van der Waals surface area contributed by atoms with Crippen LogP contribution in [0.1, 0.15) is 0 Å². The van der Waals surface area contributed by atoms with E-state index in [1.807, 2.05) is 0 Å². The maximum absolute atomic E-state index is 0. The van der Waals surface area contributed by atoms with Gasteiger partial charge in [-0.2, -0.15) is 0 Å². The van der Waals surface area contributed by atoms with Gasteiger partial charge in [-0.3, -0.25) is 4.70 Å². The fourth-order valence-electron chi connectivity index (χ4n) is 0. The predicted molar refractivity (Wildman–Crippen MR) is 2.50 cm³/mol. The van der Waals surface area contributed by atoms with Crippen molar-refractivity contribution < 1.29 is 52.7 Å². The standard InChI is InChI=1S/5FH.Pu/h5*1H;/q;;;;;+4/p-4. The second kappa shape index (κ2) is 299. The van der Waals surface area contributed by atoms with Crippen LogP contribution in [0.5, 0.6) is 0 Å². The maximum atomic E-state index is 0. The first kappa shape index (κ1) is 520. The summed E-state index contributed by atoms with van der Waals surface area (Å²) in [6, 6.07) is 0. The SMILES string of the molecule is F.[F-].[F-].[F-].[F-].[Pu+4]. The molecule has 0 aromatic carbocycles. The second-order valence-corrected chi connectivity index (χ2v) is 0. The third-order valence-corrected chi connectivity index (χ3v) is 0. The molecule has 0 aromatic rings. The normalized spacial score (nSPS) is 0. The van der Waals surface area contributed by atoms with Crippen LogP contribution >= 0.6 is 0 Å². The summed E-state index contributed by atoms with van der Waals surface area (Å²) in [5.41, 5.74) is 0. The zero-order chi connectivity index (χ0) is 0. The van der Waals surface area contributed by atoms with Gasteiger partial charge in [-0.25, -0.2) is 0 Å². The average Bonchev–Trinajstić information content (AvgIpc) is 0.